The van der Waals surface area contributed by atoms with Gasteiger partial charge in [0.15, 0.2) is 0 Å². The van der Waals surface area contributed by atoms with Gasteiger partial charge in [0.2, 0.25) is 0 Å². The quantitative estimate of drug-likeness (QED) is 0.585. The van der Waals surface area contributed by atoms with Crippen LogP contribution in [0.3, 0.4) is 0 Å². The summed E-state index contributed by atoms with van der Waals surface area (Å²) in [7, 11) is 0. The molecule has 1 heterocycles. The summed E-state index contributed by atoms with van der Waals surface area (Å²) in [6.07, 6.45) is 3.09. The lowest BCUT2D eigenvalue weighted by atomic mass is 10.2. The normalized spacial score (nSPS) is 10.5. The molecule has 0 N–H and O–H groups in total. The fraction of sp³-hybridized carbons (Fsp3) is 0.286. The summed E-state index contributed by atoms with van der Waals surface area (Å²) < 4.78 is 0. The van der Waals surface area contributed by atoms with Crippen LogP contribution in [0.1, 0.15) is 34.4 Å². The van der Waals surface area contributed by atoms with Crippen molar-refractivity contribution in [2.24, 2.45) is 0 Å². The fourth-order valence-electron chi connectivity index (χ4n) is 1.54. The SMILES string of the molecule is CCCc1nc(CSc2ccc(C=O)cc2)cs1. The smallest absolute Gasteiger partial charge is 0.150 e. The largest absolute Gasteiger partial charge is 0.298 e. The van der Waals surface area contributed by atoms with E-state index in [1.165, 1.54) is 9.90 Å². The predicted molar refractivity (Wildman–Crippen MR) is 77.5 cm³/mol. The van der Waals surface area contributed by atoms with E-state index in [-0.39, 0.29) is 0 Å². The number of hydrogen-bond acceptors (Lipinski definition) is 4. The number of carbonyl (C=O) groups is 1. The van der Waals surface area contributed by atoms with E-state index < -0.39 is 0 Å². The highest BCUT2D eigenvalue weighted by Crippen LogP contribution is 2.24. The van der Waals surface area contributed by atoms with Gasteiger partial charge in [0.05, 0.1) is 10.7 Å². The second-order valence-electron chi connectivity index (χ2n) is 3.96. The molecular formula is C14H15NOS2. The van der Waals surface area contributed by atoms with Crippen molar-refractivity contribution in [1.29, 1.82) is 0 Å². The lowest BCUT2D eigenvalue weighted by molar-refractivity contribution is 0.112. The molecule has 0 saturated carbocycles. The first-order valence-electron chi connectivity index (χ1n) is 5.93. The van der Waals surface area contributed by atoms with Crippen molar-refractivity contribution in [3.8, 4) is 0 Å². The number of thiazole rings is 1. The van der Waals surface area contributed by atoms with Gasteiger partial charge in [-0.2, -0.15) is 0 Å². The minimum absolute atomic E-state index is 0.721. The number of rotatable bonds is 6. The molecular weight excluding hydrogens is 262 g/mol. The second-order valence-corrected chi connectivity index (χ2v) is 5.95. The first kappa shape index (κ1) is 13.3. The minimum atomic E-state index is 0.721. The molecule has 94 valence electrons. The van der Waals surface area contributed by atoms with E-state index >= 15 is 0 Å². The Morgan fingerprint density at radius 1 is 1.33 bits per heavy atom. The monoisotopic (exact) mass is 277 g/mol. The number of aromatic nitrogens is 1. The van der Waals surface area contributed by atoms with Gasteiger partial charge in [-0.05, 0) is 25.0 Å². The molecule has 4 heteroatoms. The number of aldehydes is 1. The maximum Gasteiger partial charge on any atom is 0.150 e. The minimum Gasteiger partial charge on any atom is -0.298 e. The number of hydrogen-bond donors (Lipinski definition) is 0. The molecule has 18 heavy (non-hydrogen) atoms. The van der Waals surface area contributed by atoms with Crippen molar-refractivity contribution in [2.45, 2.75) is 30.4 Å². The van der Waals surface area contributed by atoms with Crippen molar-refractivity contribution in [1.82, 2.24) is 4.98 Å². The van der Waals surface area contributed by atoms with Gasteiger partial charge in [-0.3, -0.25) is 4.79 Å². The zero-order chi connectivity index (χ0) is 12.8. The first-order valence-corrected chi connectivity index (χ1v) is 7.79. The van der Waals surface area contributed by atoms with Gasteiger partial charge in [-0.25, -0.2) is 4.98 Å². The van der Waals surface area contributed by atoms with Crippen LogP contribution >= 0.6 is 23.1 Å². The lowest BCUT2D eigenvalue weighted by Gasteiger charge is -1.99. The van der Waals surface area contributed by atoms with E-state index in [1.807, 2.05) is 24.3 Å². The van der Waals surface area contributed by atoms with Crippen LogP contribution in [-0.2, 0) is 12.2 Å². The molecule has 2 nitrogen and oxygen atoms in total. The van der Waals surface area contributed by atoms with Crippen LogP contribution in [0.5, 0.6) is 0 Å². The average molecular weight is 277 g/mol. The summed E-state index contributed by atoms with van der Waals surface area (Å²) in [6.45, 7) is 2.17. The van der Waals surface area contributed by atoms with Gasteiger partial charge in [0, 0.05) is 21.6 Å². The van der Waals surface area contributed by atoms with Crippen LogP contribution in [0.15, 0.2) is 34.5 Å². The van der Waals surface area contributed by atoms with Crippen LogP contribution in [0.4, 0.5) is 0 Å². The molecule has 0 spiro atoms. The summed E-state index contributed by atoms with van der Waals surface area (Å²) in [6, 6.07) is 7.65. The summed E-state index contributed by atoms with van der Waals surface area (Å²) in [5.74, 6) is 0.890. The van der Waals surface area contributed by atoms with Crippen LogP contribution in [0.2, 0.25) is 0 Å². The molecule has 2 rings (SSSR count). The molecule has 0 saturated heterocycles. The maximum absolute atomic E-state index is 10.5. The Kier molecular flexibility index (Phi) is 4.96. The Balaban J connectivity index is 1.91. The Morgan fingerprint density at radius 2 is 2.11 bits per heavy atom. The van der Waals surface area contributed by atoms with Gasteiger partial charge in [0.1, 0.15) is 6.29 Å². The number of aryl methyl sites for hydroxylation is 1. The highest BCUT2D eigenvalue weighted by molar-refractivity contribution is 7.98. The molecule has 0 fully saturated rings. The number of thioether (sulfide) groups is 1. The maximum atomic E-state index is 10.5. The van der Waals surface area contributed by atoms with Crippen LogP contribution in [0, 0.1) is 0 Å². The molecule has 0 radical (unpaired) electrons. The third kappa shape index (κ3) is 3.68. The van der Waals surface area contributed by atoms with E-state index in [4.69, 9.17) is 0 Å². The zero-order valence-electron chi connectivity index (χ0n) is 10.3. The topological polar surface area (TPSA) is 30.0 Å². The highest BCUT2D eigenvalue weighted by atomic mass is 32.2. The van der Waals surface area contributed by atoms with Gasteiger partial charge in [-0.1, -0.05) is 19.1 Å². The number of nitrogens with zero attached hydrogens (tertiary/aromatic N) is 1. The first-order chi connectivity index (χ1) is 8.81. The summed E-state index contributed by atoms with van der Waals surface area (Å²) >= 11 is 3.50. The Morgan fingerprint density at radius 3 is 2.78 bits per heavy atom. The molecule has 0 aliphatic carbocycles. The molecule has 1 aromatic carbocycles. The molecule has 2 aromatic rings. The van der Waals surface area contributed by atoms with Crippen molar-refractivity contribution in [3.05, 3.63) is 45.9 Å². The van der Waals surface area contributed by atoms with E-state index in [9.17, 15) is 4.79 Å². The van der Waals surface area contributed by atoms with Crippen LogP contribution in [-0.4, -0.2) is 11.3 Å². The summed E-state index contributed by atoms with van der Waals surface area (Å²) in [5.41, 5.74) is 1.87. The Hall–Kier alpha value is -1.13. The van der Waals surface area contributed by atoms with Crippen LogP contribution < -0.4 is 0 Å². The van der Waals surface area contributed by atoms with Crippen molar-refractivity contribution >= 4 is 29.4 Å². The predicted octanol–water partition coefficient (Wildman–Crippen LogP) is 4.20. The summed E-state index contributed by atoms with van der Waals surface area (Å²) in [5, 5.41) is 3.36. The molecule has 0 unspecified atom stereocenters. The molecule has 0 amide bonds. The summed E-state index contributed by atoms with van der Waals surface area (Å²) in [4.78, 5) is 16.3. The van der Waals surface area contributed by atoms with E-state index in [1.54, 1.807) is 23.1 Å². The fourth-order valence-corrected chi connectivity index (χ4v) is 3.34. The zero-order valence-corrected chi connectivity index (χ0v) is 11.9. The van der Waals surface area contributed by atoms with Gasteiger partial charge in [-0.15, -0.1) is 23.1 Å². The van der Waals surface area contributed by atoms with Crippen molar-refractivity contribution < 1.29 is 4.79 Å². The number of carbonyl (C=O) groups excluding carboxylic acids is 1. The lowest BCUT2D eigenvalue weighted by Crippen LogP contribution is -1.85. The van der Waals surface area contributed by atoms with E-state index in [0.717, 1.165) is 36.1 Å². The third-order valence-corrected chi connectivity index (χ3v) is 4.47. The van der Waals surface area contributed by atoms with Crippen LogP contribution in [0.25, 0.3) is 0 Å². The molecule has 0 aliphatic heterocycles. The molecule has 0 atom stereocenters. The average Bonchev–Trinajstić information content (AvgIpc) is 2.85. The second kappa shape index (κ2) is 6.71. The Labute approximate surface area is 115 Å². The van der Waals surface area contributed by atoms with Crippen molar-refractivity contribution in [2.75, 3.05) is 0 Å². The van der Waals surface area contributed by atoms with Gasteiger partial charge < -0.3 is 0 Å². The van der Waals surface area contributed by atoms with E-state index in [0.29, 0.717) is 0 Å². The standard InChI is InChI=1S/C14H15NOS2/c1-2-3-14-15-12(10-18-14)9-17-13-6-4-11(8-16)5-7-13/h4-8,10H,2-3,9H2,1H3. The Bertz CT molecular complexity index is 505. The highest BCUT2D eigenvalue weighted by Gasteiger charge is 2.02. The van der Waals surface area contributed by atoms with E-state index in [2.05, 4.69) is 17.3 Å². The third-order valence-electron chi connectivity index (χ3n) is 2.47. The number of benzene rings is 1. The van der Waals surface area contributed by atoms with Crippen molar-refractivity contribution in [3.63, 3.8) is 0 Å². The van der Waals surface area contributed by atoms with Gasteiger partial charge in [0.25, 0.3) is 0 Å². The van der Waals surface area contributed by atoms with Gasteiger partial charge >= 0.3 is 0 Å². The molecule has 1 aromatic heterocycles. The molecule has 0 aliphatic rings. The molecule has 0 bridgehead atoms.